The van der Waals surface area contributed by atoms with Crippen molar-refractivity contribution in [3.63, 3.8) is 0 Å². The van der Waals surface area contributed by atoms with Crippen LogP contribution < -0.4 is 0 Å². The molecule has 2 heterocycles. The summed E-state index contributed by atoms with van der Waals surface area (Å²) in [6, 6.07) is 0.651. The molecule has 3 rings (SSSR count). The quantitative estimate of drug-likeness (QED) is 0.741. The zero-order chi connectivity index (χ0) is 16.9. The predicted octanol–water partition coefficient (Wildman–Crippen LogP) is 1.82. The molecule has 2 saturated heterocycles. The normalized spacial score (nSPS) is 29.7. The number of hydrogen-bond donors (Lipinski definition) is 0. The van der Waals surface area contributed by atoms with E-state index in [-0.39, 0.29) is 0 Å². The Hall–Kier alpha value is -0.650. The molecule has 0 aromatic heterocycles. The molecule has 24 heavy (non-hydrogen) atoms. The summed E-state index contributed by atoms with van der Waals surface area (Å²) < 4.78 is 5.65. The third-order valence-electron chi connectivity index (χ3n) is 5.91. The summed E-state index contributed by atoms with van der Waals surface area (Å²) in [5, 5.41) is 0. The Bertz CT molecular complexity index is 395. The number of piperidine rings is 1. The molecule has 3 aliphatic rings. The van der Waals surface area contributed by atoms with Gasteiger partial charge in [0, 0.05) is 57.8 Å². The molecule has 1 saturated carbocycles. The van der Waals surface area contributed by atoms with Crippen LogP contribution >= 0.6 is 0 Å². The van der Waals surface area contributed by atoms with Gasteiger partial charge < -0.3 is 9.64 Å². The molecule has 5 nitrogen and oxygen atoms in total. The van der Waals surface area contributed by atoms with E-state index in [9.17, 15) is 4.79 Å². The first-order valence-corrected chi connectivity index (χ1v) is 10.0. The molecule has 0 spiro atoms. The van der Waals surface area contributed by atoms with Gasteiger partial charge in [-0.2, -0.15) is 0 Å². The fraction of sp³-hybridized carbons (Fsp3) is 0.947. The Morgan fingerprint density at radius 3 is 2.29 bits per heavy atom. The second kappa shape index (κ2) is 8.63. The standard InChI is InChI=1S/C19H35N3O2/c1-16(2)24-13-12-20-8-10-21(11-9-20)18-14-17(15-18)19(23)22-6-4-3-5-7-22/h16-18H,3-15H2,1-2H3. The second-order valence-electron chi connectivity index (χ2n) is 8.01. The highest BCUT2D eigenvalue weighted by molar-refractivity contribution is 5.80. The number of likely N-dealkylation sites (tertiary alicyclic amines) is 1. The lowest BCUT2D eigenvalue weighted by atomic mass is 9.78. The number of carbonyl (C=O) groups is 1. The van der Waals surface area contributed by atoms with Crippen LogP contribution in [0.15, 0.2) is 0 Å². The van der Waals surface area contributed by atoms with Crippen LogP contribution in [0.3, 0.4) is 0 Å². The van der Waals surface area contributed by atoms with Crippen LogP contribution in [0.1, 0.15) is 46.0 Å². The zero-order valence-corrected chi connectivity index (χ0v) is 15.6. The number of carbonyl (C=O) groups excluding carboxylic acids is 1. The molecule has 138 valence electrons. The predicted molar refractivity (Wildman–Crippen MR) is 96.0 cm³/mol. The lowest BCUT2D eigenvalue weighted by Crippen LogP contribution is -2.56. The van der Waals surface area contributed by atoms with Crippen molar-refractivity contribution in [2.45, 2.75) is 58.1 Å². The number of nitrogens with zero attached hydrogens (tertiary/aromatic N) is 3. The van der Waals surface area contributed by atoms with Crippen LogP contribution in [0.2, 0.25) is 0 Å². The SMILES string of the molecule is CC(C)OCCN1CCN(C2CC(C(=O)N3CCCCC3)C2)CC1. The summed E-state index contributed by atoms with van der Waals surface area (Å²) in [4.78, 5) is 19.8. The van der Waals surface area contributed by atoms with Gasteiger partial charge in [-0.25, -0.2) is 0 Å². The summed E-state index contributed by atoms with van der Waals surface area (Å²) in [6.07, 6.45) is 6.20. The van der Waals surface area contributed by atoms with Crippen LogP contribution in [0.25, 0.3) is 0 Å². The minimum atomic E-state index is 0.311. The number of rotatable bonds is 6. The van der Waals surface area contributed by atoms with Crippen LogP contribution in [0, 0.1) is 5.92 Å². The molecule has 0 bridgehead atoms. The molecule has 0 N–H and O–H groups in total. The highest BCUT2D eigenvalue weighted by Gasteiger charge is 2.40. The zero-order valence-electron chi connectivity index (χ0n) is 15.6. The van der Waals surface area contributed by atoms with E-state index in [1.54, 1.807) is 0 Å². The highest BCUT2D eigenvalue weighted by Crippen LogP contribution is 2.34. The van der Waals surface area contributed by atoms with Crippen LogP contribution in [0.4, 0.5) is 0 Å². The van der Waals surface area contributed by atoms with Gasteiger partial charge in [0.15, 0.2) is 0 Å². The van der Waals surface area contributed by atoms with Gasteiger partial charge in [-0.3, -0.25) is 14.6 Å². The van der Waals surface area contributed by atoms with Crippen molar-refractivity contribution in [3.8, 4) is 0 Å². The Labute approximate surface area is 147 Å². The van der Waals surface area contributed by atoms with Gasteiger partial charge >= 0.3 is 0 Å². The topological polar surface area (TPSA) is 36.0 Å². The number of piperazine rings is 1. The Balaban J connectivity index is 1.32. The lowest BCUT2D eigenvalue weighted by molar-refractivity contribution is -0.142. The van der Waals surface area contributed by atoms with E-state index in [0.29, 0.717) is 24.0 Å². The van der Waals surface area contributed by atoms with Gasteiger partial charge in [-0.15, -0.1) is 0 Å². The van der Waals surface area contributed by atoms with Crippen molar-refractivity contribution < 1.29 is 9.53 Å². The first-order chi connectivity index (χ1) is 11.6. The monoisotopic (exact) mass is 337 g/mol. The van der Waals surface area contributed by atoms with Crippen molar-refractivity contribution in [2.75, 3.05) is 52.4 Å². The van der Waals surface area contributed by atoms with E-state index in [2.05, 4.69) is 28.5 Å². The minimum absolute atomic E-state index is 0.311. The van der Waals surface area contributed by atoms with Gasteiger partial charge in [0.25, 0.3) is 0 Å². The third-order valence-corrected chi connectivity index (χ3v) is 5.91. The molecule has 0 radical (unpaired) electrons. The van der Waals surface area contributed by atoms with Crippen molar-refractivity contribution in [2.24, 2.45) is 5.92 Å². The van der Waals surface area contributed by atoms with E-state index in [1.165, 1.54) is 19.3 Å². The maximum Gasteiger partial charge on any atom is 0.225 e. The Kier molecular flexibility index (Phi) is 6.53. The van der Waals surface area contributed by atoms with Gasteiger partial charge in [0.1, 0.15) is 0 Å². The second-order valence-corrected chi connectivity index (χ2v) is 8.01. The summed E-state index contributed by atoms with van der Waals surface area (Å²) in [6.45, 7) is 12.7. The largest absolute Gasteiger partial charge is 0.377 e. The van der Waals surface area contributed by atoms with E-state index < -0.39 is 0 Å². The molecule has 5 heteroatoms. The van der Waals surface area contributed by atoms with Crippen LogP contribution in [-0.4, -0.2) is 85.2 Å². The summed E-state index contributed by atoms with van der Waals surface area (Å²) in [5.74, 6) is 0.751. The number of ether oxygens (including phenoxy) is 1. The van der Waals surface area contributed by atoms with Crippen molar-refractivity contribution >= 4 is 5.91 Å². The van der Waals surface area contributed by atoms with Gasteiger partial charge in [-0.1, -0.05) is 0 Å². The first-order valence-electron chi connectivity index (χ1n) is 10.0. The number of hydrogen-bond acceptors (Lipinski definition) is 4. The van der Waals surface area contributed by atoms with Gasteiger partial charge in [-0.05, 0) is 46.0 Å². The van der Waals surface area contributed by atoms with Gasteiger partial charge in [0.2, 0.25) is 5.91 Å². The average molecular weight is 338 g/mol. The molecule has 3 fully saturated rings. The summed E-state index contributed by atoms with van der Waals surface area (Å²) >= 11 is 0. The molecular weight excluding hydrogens is 302 g/mol. The molecule has 2 aliphatic heterocycles. The van der Waals surface area contributed by atoms with E-state index >= 15 is 0 Å². The molecule has 0 atom stereocenters. The smallest absolute Gasteiger partial charge is 0.225 e. The lowest BCUT2D eigenvalue weighted by Gasteiger charge is -2.47. The summed E-state index contributed by atoms with van der Waals surface area (Å²) in [7, 11) is 0. The van der Waals surface area contributed by atoms with Crippen LogP contribution in [0.5, 0.6) is 0 Å². The van der Waals surface area contributed by atoms with Crippen molar-refractivity contribution in [1.82, 2.24) is 14.7 Å². The maximum atomic E-state index is 12.5. The molecular formula is C19H35N3O2. The molecule has 1 aliphatic carbocycles. The minimum Gasteiger partial charge on any atom is -0.377 e. The molecule has 0 aromatic rings. The van der Waals surface area contributed by atoms with Crippen molar-refractivity contribution in [1.29, 1.82) is 0 Å². The maximum absolute atomic E-state index is 12.5. The molecule has 0 aromatic carbocycles. The van der Waals surface area contributed by atoms with E-state index in [0.717, 1.165) is 65.3 Å². The van der Waals surface area contributed by atoms with Crippen molar-refractivity contribution in [3.05, 3.63) is 0 Å². The molecule has 1 amide bonds. The fourth-order valence-electron chi connectivity index (χ4n) is 4.23. The Morgan fingerprint density at radius 2 is 1.67 bits per heavy atom. The average Bonchev–Trinajstić information content (AvgIpc) is 2.55. The highest BCUT2D eigenvalue weighted by atomic mass is 16.5. The van der Waals surface area contributed by atoms with E-state index in [4.69, 9.17) is 4.74 Å². The third kappa shape index (κ3) is 4.70. The molecule has 0 unspecified atom stereocenters. The summed E-state index contributed by atoms with van der Waals surface area (Å²) in [5.41, 5.74) is 0. The first kappa shape index (κ1) is 18.2. The number of amides is 1. The van der Waals surface area contributed by atoms with Crippen LogP contribution in [-0.2, 0) is 9.53 Å². The Morgan fingerprint density at radius 1 is 1.00 bits per heavy atom. The fourth-order valence-corrected chi connectivity index (χ4v) is 4.23. The van der Waals surface area contributed by atoms with Gasteiger partial charge in [0.05, 0.1) is 12.7 Å². The van der Waals surface area contributed by atoms with E-state index in [1.807, 2.05) is 0 Å².